The van der Waals surface area contributed by atoms with Crippen LogP contribution in [0.4, 0.5) is 16.2 Å². The average molecular weight is 465 g/mol. The van der Waals surface area contributed by atoms with Crippen molar-refractivity contribution in [3.63, 3.8) is 0 Å². The van der Waals surface area contributed by atoms with Crippen LogP contribution >= 0.6 is 0 Å². The number of urea groups is 1. The van der Waals surface area contributed by atoms with E-state index in [0.29, 0.717) is 25.3 Å². The Balaban J connectivity index is 1.49. The van der Waals surface area contributed by atoms with Gasteiger partial charge in [-0.2, -0.15) is 0 Å². The van der Waals surface area contributed by atoms with Gasteiger partial charge in [0.15, 0.2) is 0 Å². The van der Waals surface area contributed by atoms with Crippen LogP contribution in [-0.4, -0.2) is 55.1 Å². The number of rotatable bonds is 7. The number of anilines is 2. The topological polar surface area (TPSA) is 91.0 Å². The van der Waals surface area contributed by atoms with Crippen molar-refractivity contribution in [3.8, 4) is 0 Å². The molecule has 2 fully saturated rings. The lowest BCUT2D eigenvalue weighted by molar-refractivity contribution is -0.137. The normalized spacial score (nSPS) is 21.5. The van der Waals surface area contributed by atoms with Crippen molar-refractivity contribution in [2.45, 2.75) is 38.8 Å². The molecule has 2 aliphatic heterocycles. The summed E-state index contributed by atoms with van der Waals surface area (Å²) in [6, 6.07) is 15.3. The van der Waals surface area contributed by atoms with Gasteiger partial charge in [-0.25, -0.2) is 9.69 Å². The Bertz CT molecular complexity index is 1030. The van der Waals surface area contributed by atoms with Crippen LogP contribution in [0.2, 0.25) is 0 Å². The van der Waals surface area contributed by atoms with E-state index >= 15 is 0 Å². The van der Waals surface area contributed by atoms with E-state index in [1.165, 1.54) is 0 Å². The Morgan fingerprint density at radius 3 is 2.29 bits per heavy atom. The molecule has 2 heterocycles. The number of hydrogen-bond acceptors (Lipinski definition) is 5. The summed E-state index contributed by atoms with van der Waals surface area (Å²) in [5.74, 6) is -0.669. The Labute approximate surface area is 200 Å². The van der Waals surface area contributed by atoms with E-state index in [-0.39, 0.29) is 5.92 Å². The molecule has 0 bridgehead atoms. The third kappa shape index (κ3) is 4.63. The van der Waals surface area contributed by atoms with E-state index in [0.717, 1.165) is 29.2 Å². The molecule has 34 heavy (non-hydrogen) atoms. The lowest BCUT2D eigenvalue weighted by atomic mass is 9.82. The predicted octanol–water partition coefficient (Wildman–Crippen LogP) is 3.34. The van der Waals surface area contributed by atoms with Crippen LogP contribution in [0.5, 0.6) is 0 Å². The number of nitrogens with one attached hydrogen (secondary N) is 2. The summed E-state index contributed by atoms with van der Waals surface area (Å²) in [7, 11) is 0. The molecule has 0 unspecified atom stereocenters. The molecule has 2 saturated heterocycles. The molecule has 0 saturated carbocycles. The highest BCUT2D eigenvalue weighted by Gasteiger charge is 2.54. The molecule has 4 rings (SSSR count). The number of benzene rings is 2. The van der Waals surface area contributed by atoms with Gasteiger partial charge in [-0.15, -0.1) is 0 Å². The third-order valence-electron chi connectivity index (χ3n) is 6.38. The predicted molar refractivity (Wildman–Crippen MR) is 131 cm³/mol. The minimum Gasteiger partial charge on any atom is -0.378 e. The average Bonchev–Trinajstić information content (AvgIpc) is 3.09. The van der Waals surface area contributed by atoms with E-state index in [4.69, 9.17) is 4.74 Å². The van der Waals surface area contributed by atoms with E-state index in [1.54, 1.807) is 6.92 Å². The quantitative estimate of drug-likeness (QED) is 0.614. The monoisotopic (exact) mass is 464 g/mol. The van der Waals surface area contributed by atoms with Gasteiger partial charge in [0.1, 0.15) is 11.6 Å². The molecule has 0 aliphatic carbocycles. The van der Waals surface area contributed by atoms with Gasteiger partial charge in [0.25, 0.3) is 5.91 Å². The summed E-state index contributed by atoms with van der Waals surface area (Å²) in [4.78, 5) is 42.9. The van der Waals surface area contributed by atoms with Crippen molar-refractivity contribution in [3.05, 3.63) is 60.2 Å². The molecule has 8 nitrogen and oxygen atoms in total. The van der Waals surface area contributed by atoms with Crippen molar-refractivity contribution < 1.29 is 19.1 Å². The first-order valence-corrected chi connectivity index (χ1v) is 11.8. The van der Waals surface area contributed by atoms with E-state index in [1.807, 2.05) is 68.4 Å². The molecule has 0 radical (unpaired) electrons. The smallest absolute Gasteiger partial charge is 0.326 e. The second-order valence-corrected chi connectivity index (χ2v) is 9.29. The number of imide groups is 1. The van der Waals surface area contributed by atoms with Crippen molar-refractivity contribution in [1.82, 2.24) is 10.2 Å². The second kappa shape index (κ2) is 9.85. The van der Waals surface area contributed by atoms with E-state index in [9.17, 15) is 14.4 Å². The maximum absolute atomic E-state index is 13.6. The highest BCUT2D eigenvalue weighted by molar-refractivity contribution is 6.11. The molecule has 2 atom stereocenters. The van der Waals surface area contributed by atoms with Gasteiger partial charge in [-0.1, -0.05) is 44.2 Å². The highest BCUT2D eigenvalue weighted by Crippen LogP contribution is 2.36. The SMILES string of the molecule is CC(C)C[C@]1(c2ccccc2)NC(=O)N([C@@H](C)C(=O)Nc2ccc(N3CCOCC3)cc2)C1=O. The zero-order valence-corrected chi connectivity index (χ0v) is 19.9. The van der Waals surface area contributed by atoms with Crippen molar-refractivity contribution >= 4 is 29.2 Å². The summed E-state index contributed by atoms with van der Waals surface area (Å²) in [5.41, 5.74) is 1.21. The molecule has 2 N–H and O–H groups in total. The summed E-state index contributed by atoms with van der Waals surface area (Å²) in [6.45, 7) is 8.63. The van der Waals surface area contributed by atoms with E-state index < -0.39 is 29.4 Å². The number of nitrogens with zero attached hydrogens (tertiary/aromatic N) is 2. The maximum atomic E-state index is 13.6. The van der Waals surface area contributed by atoms with Crippen molar-refractivity contribution in [2.24, 2.45) is 5.92 Å². The third-order valence-corrected chi connectivity index (χ3v) is 6.38. The number of hydrogen-bond donors (Lipinski definition) is 2. The first-order chi connectivity index (χ1) is 16.3. The molecule has 8 heteroatoms. The molecular weight excluding hydrogens is 432 g/mol. The lowest BCUT2D eigenvalue weighted by Gasteiger charge is -2.30. The fourth-order valence-corrected chi connectivity index (χ4v) is 4.67. The number of morpholine rings is 1. The zero-order valence-electron chi connectivity index (χ0n) is 19.9. The van der Waals surface area contributed by atoms with Crippen LogP contribution in [0.15, 0.2) is 54.6 Å². The second-order valence-electron chi connectivity index (χ2n) is 9.29. The van der Waals surface area contributed by atoms with Crippen LogP contribution in [-0.2, 0) is 19.9 Å². The van der Waals surface area contributed by atoms with Gasteiger partial charge in [0.2, 0.25) is 5.91 Å². The standard InChI is InChI=1S/C26H32N4O4/c1-18(2)17-26(20-7-5-4-6-8-20)24(32)30(25(33)28-26)19(3)23(31)27-21-9-11-22(12-10-21)29-13-15-34-16-14-29/h4-12,18-19H,13-17H2,1-3H3,(H,27,31)(H,28,33)/t19-,26+/m0/s1. The molecule has 2 aliphatic rings. The van der Waals surface area contributed by atoms with Crippen LogP contribution in [0, 0.1) is 5.92 Å². The summed E-state index contributed by atoms with van der Waals surface area (Å²) in [6.07, 6.45) is 0.440. The summed E-state index contributed by atoms with van der Waals surface area (Å²) < 4.78 is 5.39. The summed E-state index contributed by atoms with van der Waals surface area (Å²) in [5, 5.41) is 5.74. The minimum absolute atomic E-state index is 0.151. The molecule has 0 spiro atoms. The van der Waals surface area contributed by atoms with Gasteiger partial charge in [0.05, 0.1) is 13.2 Å². The van der Waals surface area contributed by atoms with Crippen molar-refractivity contribution in [2.75, 3.05) is 36.5 Å². The molecule has 2 aromatic carbocycles. The van der Waals surface area contributed by atoms with Gasteiger partial charge in [-0.3, -0.25) is 9.59 Å². The van der Waals surface area contributed by atoms with Crippen LogP contribution in [0.25, 0.3) is 0 Å². The maximum Gasteiger partial charge on any atom is 0.326 e. The van der Waals surface area contributed by atoms with E-state index in [2.05, 4.69) is 15.5 Å². The van der Waals surface area contributed by atoms with Crippen molar-refractivity contribution in [1.29, 1.82) is 0 Å². The van der Waals surface area contributed by atoms with Crippen LogP contribution in [0.1, 0.15) is 32.8 Å². The molecule has 0 aromatic heterocycles. The first kappa shape index (κ1) is 23.8. The first-order valence-electron chi connectivity index (χ1n) is 11.8. The molecule has 4 amide bonds. The molecule has 2 aromatic rings. The lowest BCUT2D eigenvalue weighted by Crippen LogP contribution is -2.48. The fraction of sp³-hybridized carbons (Fsp3) is 0.423. The Hall–Kier alpha value is -3.39. The van der Waals surface area contributed by atoms with Crippen LogP contribution < -0.4 is 15.5 Å². The zero-order chi connectivity index (χ0) is 24.3. The minimum atomic E-state index is -1.18. The van der Waals surface area contributed by atoms with Gasteiger partial charge in [0, 0.05) is 24.5 Å². The molecular formula is C26H32N4O4. The van der Waals surface area contributed by atoms with Gasteiger partial charge >= 0.3 is 6.03 Å². The number of amides is 4. The Morgan fingerprint density at radius 1 is 1.03 bits per heavy atom. The number of carbonyl (C=O) groups is 3. The Kier molecular flexibility index (Phi) is 6.88. The van der Waals surface area contributed by atoms with Gasteiger partial charge in [-0.05, 0) is 49.1 Å². The highest BCUT2D eigenvalue weighted by atomic mass is 16.5. The Morgan fingerprint density at radius 2 is 1.68 bits per heavy atom. The number of ether oxygens (including phenoxy) is 1. The number of carbonyl (C=O) groups excluding carboxylic acids is 3. The largest absolute Gasteiger partial charge is 0.378 e. The fourth-order valence-electron chi connectivity index (χ4n) is 4.67. The van der Waals surface area contributed by atoms with Gasteiger partial charge < -0.3 is 20.3 Å². The summed E-state index contributed by atoms with van der Waals surface area (Å²) >= 11 is 0. The molecule has 180 valence electrons. The van der Waals surface area contributed by atoms with Crippen LogP contribution in [0.3, 0.4) is 0 Å².